The predicted octanol–water partition coefficient (Wildman–Crippen LogP) is 3.48. The Morgan fingerprint density at radius 1 is 1.26 bits per heavy atom. The van der Waals surface area contributed by atoms with Crippen molar-refractivity contribution in [3.8, 4) is 5.75 Å². The van der Waals surface area contributed by atoms with Crippen LogP contribution in [0.1, 0.15) is 50.2 Å². The van der Waals surface area contributed by atoms with Crippen LogP contribution >= 0.6 is 0 Å². The molecule has 0 bridgehead atoms. The zero-order valence-corrected chi connectivity index (χ0v) is 16.1. The lowest BCUT2D eigenvalue weighted by Crippen LogP contribution is -2.46. The number of aliphatic hydroxyl groups is 1. The molecule has 1 fully saturated rings. The molecule has 1 amide bonds. The smallest absolute Gasteiger partial charge is 0.260 e. The molecule has 1 unspecified atom stereocenters. The third-order valence-electron chi connectivity index (χ3n) is 5.56. The van der Waals surface area contributed by atoms with Gasteiger partial charge in [-0.2, -0.15) is 0 Å². The maximum Gasteiger partial charge on any atom is 0.260 e. The van der Waals surface area contributed by atoms with Crippen LogP contribution in [0.2, 0.25) is 0 Å². The lowest BCUT2D eigenvalue weighted by Gasteiger charge is -2.38. The summed E-state index contributed by atoms with van der Waals surface area (Å²) < 4.78 is 5.85. The van der Waals surface area contributed by atoms with Crippen molar-refractivity contribution in [3.05, 3.63) is 59.9 Å². The molecule has 2 heterocycles. The van der Waals surface area contributed by atoms with E-state index in [0.29, 0.717) is 31.8 Å². The fourth-order valence-electron chi connectivity index (χ4n) is 3.52. The summed E-state index contributed by atoms with van der Waals surface area (Å²) in [6, 6.07) is 11.6. The number of para-hydroxylation sites is 1. The van der Waals surface area contributed by atoms with Crippen LogP contribution in [0.5, 0.6) is 5.75 Å². The van der Waals surface area contributed by atoms with E-state index in [2.05, 4.69) is 24.9 Å². The first-order chi connectivity index (χ1) is 13.0. The van der Waals surface area contributed by atoms with Gasteiger partial charge in [-0.25, -0.2) is 0 Å². The Kier molecular flexibility index (Phi) is 6.11. The van der Waals surface area contributed by atoms with Gasteiger partial charge in [0.15, 0.2) is 6.61 Å². The highest BCUT2D eigenvalue weighted by Crippen LogP contribution is 2.32. The van der Waals surface area contributed by atoms with Crippen LogP contribution in [0, 0.1) is 0 Å². The van der Waals surface area contributed by atoms with E-state index in [-0.39, 0.29) is 12.5 Å². The summed E-state index contributed by atoms with van der Waals surface area (Å²) in [6.07, 6.45) is 5.43. The SMILES string of the molecule is CCC(C)c1ccccc1OCC(=O)N1CCC(O)(c2cccnc2)CC1. The van der Waals surface area contributed by atoms with Crippen molar-refractivity contribution < 1.29 is 14.6 Å². The molecular formula is C22H28N2O3. The van der Waals surface area contributed by atoms with Gasteiger partial charge >= 0.3 is 0 Å². The van der Waals surface area contributed by atoms with Crippen LogP contribution in [0.25, 0.3) is 0 Å². The maximum absolute atomic E-state index is 12.6. The van der Waals surface area contributed by atoms with E-state index in [1.807, 2.05) is 30.3 Å². The van der Waals surface area contributed by atoms with E-state index in [0.717, 1.165) is 23.3 Å². The summed E-state index contributed by atoms with van der Waals surface area (Å²) in [5, 5.41) is 10.9. The maximum atomic E-state index is 12.6. The number of aromatic nitrogens is 1. The minimum Gasteiger partial charge on any atom is -0.483 e. The van der Waals surface area contributed by atoms with E-state index in [1.54, 1.807) is 17.3 Å². The number of hydrogen-bond acceptors (Lipinski definition) is 4. The Morgan fingerprint density at radius 3 is 2.67 bits per heavy atom. The van der Waals surface area contributed by atoms with Crippen LogP contribution in [0.3, 0.4) is 0 Å². The molecule has 1 aromatic heterocycles. The second-order valence-electron chi connectivity index (χ2n) is 7.29. The Labute approximate surface area is 161 Å². The molecule has 0 spiro atoms. The number of likely N-dealkylation sites (tertiary alicyclic amines) is 1. The number of pyridine rings is 1. The third kappa shape index (κ3) is 4.48. The molecule has 1 aliphatic heterocycles. The quantitative estimate of drug-likeness (QED) is 0.848. The largest absolute Gasteiger partial charge is 0.483 e. The van der Waals surface area contributed by atoms with Crippen LogP contribution in [-0.4, -0.2) is 40.6 Å². The standard InChI is InChI=1S/C22H28N2O3/c1-3-17(2)19-8-4-5-9-20(19)27-16-21(25)24-13-10-22(26,11-14-24)18-7-6-12-23-15-18/h4-9,12,15,17,26H,3,10-11,13-14,16H2,1-2H3. The molecule has 144 valence electrons. The zero-order valence-electron chi connectivity index (χ0n) is 16.1. The average molecular weight is 368 g/mol. The number of benzene rings is 1. The normalized spacial score (nSPS) is 17.4. The van der Waals surface area contributed by atoms with E-state index < -0.39 is 5.60 Å². The van der Waals surface area contributed by atoms with Crippen molar-refractivity contribution in [3.63, 3.8) is 0 Å². The summed E-state index contributed by atoms with van der Waals surface area (Å²) in [7, 11) is 0. The van der Waals surface area contributed by atoms with Gasteiger partial charge in [-0.05, 0) is 42.9 Å². The fourth-order valence-corrected chi connectivity index (χ4v) is 3.52. The van der Waals surface area contributed by atoms with Crippen LogP contribution in [-0.2, 0) is 10.4 Å². The summed E-state index contributed by atoms with van der Waals surface area (Å²) in [5.74, 6) is 1.13. The summed E-state index contributed by atoms with van der Waals surface area (Å²) >= 11 is 0. The Bertz CT molecular complexity index is 755. The second-order valence-corrected chi connectivity index (χ2v) is 7.29. The first-order valence-corrected chi connectivity index (χ1v) is 9.66. The van der Waals surface area contributed by atoms with Crippen molar-refractivity contribution >= 4 is 5.91 Å². The monoisotopic (exact) mass is 368 g/mol. The second kappa shape index (κ2) is 8.53. The van der Waals surface area contributed by atoms with Crippen molar-refractivity contribution in [1.29, 1.82) is 0 Å². The van der Waals surface area contributed by atoms with Crippen LogP contribution in [0.4, 0.5) is 0 Å². The van der Waals surface area contributed by atoms with E-state index in [1.165, 1.54) is 0 Å². The number of hydrogen-bond donors (Lipinski definition) is 1. The lowest BCUT2D eigenvalue weighted by molar-refractivity contribution is -0.137. The fraction of sp³-hybridized carbons (Fsp3) is 0.455. The van der Waals surface area contributed by atoms with Gasteiger partial charge in [-0.3, -0.25) is 9.78 Å². The molecule has 1 N–H and O–H groups in total. The Morgan fingerprint density at radius 2 is 2.00 bits per heavy atom. The van der Waals surface area contributed by atoms with Crippen LogP contribution < -0.4 is 4.74 Å². The summed E-state index contributed by atoms with van der Waals surface area (Å²) in [4.78, 5) is 18.4. The number of carbonyl (C=O) groups excluding carboxylic acids is 1. The molecule has 1 atom stereocenters. The van der Waals surface area contributed by atoms with Gasteiger partial charge in [-0.15, -0.1) is 0 Å². The molecule has 27 heavy (non-hydrogen) atoms. The van der Waals surface area contributed by atoms with Gasteiger partial charge < -0.3 is 14.7 Å². The molecule has 0 aliphatic carbocycles. The highest BCUT2D eigenvalue weighted by atomic mass is 16.5. The molecule has 0 radical (unpaired) electrons. The van der Waals surface area contributed by atoms with Gasteiger partial charge in [0.2, 0.25) is 0 Å². The van der Waals surface area contributed by atoms with Gasteiger partial charge in [0, 0.05) is 31.0 Å². The molecule has 0 saturated carbocycles. The molecule has 1 saturated heterocycles. The molecule has 5 heteroatoms. The summed E-state index contributed by atoms with van der Waals surface area (Å²) in [6.45, 7) is 5.36. The number of piperidine rings is 1. The van der Waals surface area contributed by atoms with E-state index in [4.69, 9.17) is 4.74 Å². The number of nitrogens with zero attached hydrogens (tertiary/aromatic N) is 2. The first kappa shape index (κ1) is 19.4. The average Bonchev–Trinajstić information content (AvgIpc) is 2.73. The van der Waals surface area contributed by atoms with Crippen molar-refractivity contribution in [1.82, 2.24) is 9.88 Å². The molecular weight excluding hydrogens is 340 g/mol. The van der Waals surface area contributed by atoms with Gasteiger partial charge in [0.25, 0.3) is 5.91 Å². The summed E-state index contributed by atoms with van der Waals surface area (Å²) in [5.41, 5.74) is 1.04. The number of rotatable bonds is 6. The first-order valence-electron chi connectivity index (χ1n) is 9.66. The molecule has 1 aliphatic rings. The number of carbonyl (C=O) groups is 1. The van der Waals surface area contributed by atoms with E-state index >= 15 is 0 Å². The number of ether oxygens (including phenoxy) is 1. The Balaban J connectivity index is 1.56. The van der Waals surface area contributed by atoms with Crippen molar-refractivity contribution in [2.24, 2.45) is 0 Å². The van der Waals surface area contributed by atoms with Crippen molar-refractivity contribution in [2.75, 3.05) is 19.7 Å². The zero-order chi connectivity index (χ0) is 19.3. The molecule has 3 rings (SSSR count). The Hall–Kier alpha value is -2.40. The lowest BCUT2D eigenvalue weighted by atomic mass is 9.85. The van der Waals surface area contributed by atoms with Crippen LogP contribution in [0.15, 0.2) is 48.8 Å². The molecule has 2 aromatic rings. The highest BCUT2D eigenvalue weighted by molar-refractivity contribution is 5.78. The van der Waals surface area contributed by atoms with Gasteiger partial charge in [-0.1, -0.05) is 38.1 Å². The topological polar surface area (TPSA) is 62.7 Å². The van der Waals surface area contributed by atoms with Gasteiger partial charge in [0.05, 0.1) is 5.60 Å². The van der Waals surface area contributed by atoms with Crippen molar-refractivity contribution in [2.45, 2.75) is 44.6 Å². The molecule has 5 nitrogen and oxygen atoms in total. The molecule has 1 aromatic carbocycles. The predicted molar refractivity (Wildman–Crippen MR) is 105 cm³/mol. The van der Waals surface area contributed by atoms with Gasteiger partial charge in [0.1, 0.15) is 5.75 Å². The highest BCUT2D eigenvalue weighted by Gasteiger charge is 2.35. The minimum absolute atomic E-state index is 0.0266. The third-order valence-corrected chi connectivity index (χ3v) is 5.56. The number of amides is 1. The van der Waals surface area contributed by atoms with E-state index in [9.17, 15) is 9.90 Å². The minimum atomic E-state index is -0.908.